The van der Waals surface area contributed by atoms with Crippen molar-refractivity contribution in [2.24, 2.45) is 0 Å². The monoisotopic (exact) mass is 377 g/mol. The van der Waals surface area contributed by atoms with Crippen LogP contribution in [-0.4, -0.2) is 28.1 Å². The predicted octanol–water partition coefficient (Wildman–Crippen LogP) is 4.16. The van der Waals surface area contributed by atoms with E-state index in [0.717, 1.165) is 17.0 Å². The normalized spacial score (nSPS) is 12.0. The zero-order valence-corrected chi connectivity index (χ0v) is 15.0. The second kappa shape index (κ2) is 7.65. The minimum Gasteiger partial charge on any atom is -0.484 e. The smallest absolute Gasteiger partial charge is 0.274 e. The molecule has 1 aromatic carbocycles. The molecule has 26 heavy (non-hydrogen) atoms. The van der Waals surface area contributed by atoms with Crippen LogP contribution in [0.4, 0.5) is 8.78 Å². The van der Waals surface area contributed by atoms with Crippen molar-refractivity contribution in [3.63, 3.8) is 0 Å². The molecule has 0 saturated heterocycles. The number of carbonyl (C=O) groups excluding carboxylic acids is 1. The molecule has 0 aliphatic heterocycles. The third kappa shape index (κ3) is 3.91. The molecule has 0 bridgehead atoms. The van der Waals surface area contributed by atoms with Crippen molar-refractivity contribution in [3.05, 3.63) is 69.7 Å². The summed E-state index contributed by atoms with van der Waals surface area (Å²) in [5.74, 6) is -1.77. The standard InChI is InChI=1S/C18H17F2N3O2S/c1-11(17-4-3-7-26-17)23(2)18(24)15-9-13(21-22-15)10-25-16-6-5-12(19)8-14(16)20/h3-9,11H,10H2,1-2H3,(H,21,22)/t11-/m1/s1. The van der Waals surface area contributed by atoms with E-state index in [1.807, 2.05) is 24.4 Å². The maximum Gasteiger partial charge on any atom is 0.274 e. The molecule has 2 heterocycles. The van der Waals surface area contributed by atoms with Crippen LogP contribution in [0.3, 0.4) is 0 Å². The number of aromatic nitrogens is 2. The van der Waals surface area contributed by atoms with Gasteiger partial charge in [-0.2, -0.15) is 5.10 Å². The number of amides is 1. The van der Waals surface area contributed by atoms with Crippen molar-refractivity contribution in [1.82, 2.24) is 15.1 Å². The second-order valence-electron chi connectivity index (χ2n) is 5.75. The molecule has 8 heteroatoms. The molecule has 136 valence electrons. The van der Waals surface area contributed by atoms with Crippen molar-refractivity contribution in [1.29, 1.82) is 0 Å². The Morgan fingerprint density at radius 2 is 2.15 bits per heavy atom. The summed E-state index contributed by atoms with van der Waals surface area (Å²) in [6.07, 6.45) is 0. The van der Waals surface area contributed by atoms with E-state index in [2.05, 4.69) is 10.2 Å². The molecule has 0 aliphatic carbocycles. The third-order valence-electron chi connectivity index (χ3n) is 3.98. The van der Waals surface area contributed by atoms with E-state index >= 15 is 0 Å². The molecule has 0 spiro atoms. The van der Waals surface area contributed by atoms with Crippen molar-refractivity contribution >= 4 is 17.2 Å². The highest BCUT2D eigenvalue weighted by molar-refractivity contribution is 7.10. The van der Waals surface area contributed by atoms with Gasteiger partial charge in [-0.3, -0.25) is 9.89 Å². The van der Waals surface area contributed by atoms with Crippen LogP contribution in [0.25, 0.3) is 0 Å². The van der Waals surface area contributed by atoms with Crippen LogP contribution in [0.2, 0.25) is 0 Å². The zero-order chi connectivity index (χ0) is 18.7. The van der Waals surface area contributed by atoms with Gasteiger partial charge in [-0.15, -0.1) is 11.3 Å². The maximum atomic E-state index is 13.6. The Morgan fingerprint density at radius 3 is 2.85 bits per heavy atom. The zero-order valence-electron chi connectivity index (χ0n) is 14.2. The van der Waals surface area contributed by atoms with Crippen molar-refractivity contribution in [3.8, 4) is 5.75 Å². The second-order valence-corrected chi connectivity index (χ2v) is 6.73. The van der Waals surface area contributed by atoms with Crippen LogP contribution in [0.15, 0.2) is 41.8 Å². The number of nitrogens with zero attached hydrogens (tertiary/aromatic N) is 2. The summed E-state index contributed by atoms with van der Waals surface area (Å²) in [6, 6.07) is 8.46. The average Bonchev–Trinajstić information content (AvgIpc) is 3.31. The van der Waals surface area contributed by atoms with Gasteiger partial charge in [0.25, 0.3) is 5.91 Å². The molecule has 0 fully saturated rings. The van der Waals surface area contributed by atoms with Gasteiger partial charge in [-0.1, -0.05) is 6.07 Å². The first-order valence-corrected chi connectivity index (χ1v) is 8.76. The first-order valence-electron chi connectivity index (χ1n) is 7.88. The number of carbonyl (C=O) groups is 1. The first kappa shape index (κ1) is 18.1. The summed E-state index contributed by atoms with van der Waals surface area (Å²) >= 11 is 1.58. The molecule has 0 aliphatic rings. The lowest BCUT2D eigenvalue weighted by Crippen LogP contribution is -2.29. The summed E-state index contributed by atoms with van der Waals surface area (Å²) in [4.78, 5) is 15.2. The molecule has 5 nitrogen and oxygen atoms in total. The van der Waals surface area contributed by atoms with Crippen LogP contribution in [0.1, 0.15) is 34.0 Å². The molecule has 0 radical (unpaired) electrons. The Bertz CT molecular complexity index is 896. The van der Waals surface area contributed by atoms with Crippen LogP contribution >= 0.6 is 11.3 Å². The topological polar surface area (TPSA) is 58.2 Å². The number of halogens is 2. The van der Waals surface area contributed by atoms with Gasteiger partial charge in [0.2, 0.25) is 0 Å². The number of H-pyrrole nitrogens is 1. The lowest BCUT2D eigenvalue weighted by atomic mass is 10.2. The van der Waals surface area contributed by atoms with Crippen LogP contribution < -0.4 is 4.74 Å². The Hall–Kier alpha value is -2.74. The lowest BCUT2D eigenvalue weighted by Gasteiger charge is -2.23. The van der Waals surface area contributed by atoms with Crippen LogP contribution in [-0.2, 0) is 6.61 Å². The molecule has 2 aromatic heterocycles. The van der Waals surface area contributed by atoms with Gasteiger partial charge in [0.1, 0.15) is 12.4 Å². The number of hydrogen-bond donors (Lipinski definition) is 1. The number of hydrogen-bond acceptors (Lipinski definition) is 4. The highest BCUT2D eigenvalue weighted by Crippen LogP contribution is 2.24. The van der Waals surface area contributed by atoms with Gasteiger partial charge in [-0.05, 0) is 36.6 Å². The number of ether oxygens (including phenoxy) is 1. The van der Waals surface area contributed by atoms with Gasteiger partial charge in [0.15, 0.2) is 17.3 Å². The fraction of sp³-hybridized carbons (Fsp3) is 0.222. The molecule has 1 amide bonds. The minimum atomic E-state index is -0.787. The highest BCUT2D eigenvalue weighted by Gasteiger charge is 2.22. The summed E-state index contributed by atoms with van der Waals surface area (Å²) in [5.41, 5.74) is 0.753. The Labute approximate surface area is 153 Å². The molecule has 3 rings (SSSR count). The Balaban J connectivity index is 1.64. The molecule has 1 atom stereocenters. The van der Waals surface area contributed by atoms with Gasteiger partial charge in [-0.25, -0.2) is 8.78 Å². The number of benzene rings is 1. The largest absolute Gasteiger partial charge is 0.484 e. The molecular weight excluding hydrogens is 360 g/mol. The summed E-state index contributed by atoms with van der Waals surface area (Å²) in [5, 5.41) is 8.66. The van der Waals surface area contributed by atoms with Gasteiger partial charge >= 0.3 is 0 Å². The number of rotatable bonds is 6. The van der Waals surface area contributed by atoms with E-state index in [1.54, 1.807) is 29.4 Å². The lowest BCUT2D eigenvalue weighted by molar-refractivity contribution is 0.0739. The fourth-order valence-corrected chi connectivity index (χ4v) is 3.20. The third-order valence-corrected chi connectivity index (χ3v) is 5.03. The summed E-state index contributed by atoms with van der Waals surface area (Å²) < 4.78 is 31.8. The fourth-order valence-electron chi connectivity index (χ4n) is 2.37. The highest BCUT2D eigenvalue weighted by atomic mass is 32.1. The van der Waals surface area contributed by atoms with E-state index in [1.165, 1.54) is 6.07 Å². The van der Waals surface area contributed by atoms with E-state index in [-0.39, 0.29) is 30.0 Å². The SMILES string of the molecule is C[C@H](c1cccs1)N(C)C(=O)c1cc(COc2ccc(F)cc2F)[nH]n1. The minimum absolute atomic E-state index is 0.0208. The van der Waals surface area contributed by atoms with E-state index in [9.17, 15) is 13.6 Å². The molecule has 1 N–H and O–H groups in total. The van der Waals surface area contributed by atoms with E-state index in [0.29, 0.717) is 5.69 Å². The summed E-state index contributed by atoms with van der Waals surface area (Å²) in [6.45, 7) is 1.92. The quantitative estimate of drug-likeness (QED) is 0.702. The van der Waals surface area contributed by atoms with Crippen molar-refractivity contribution < 1.29 is 18.3 Å². The van der Waals surface area contributed by atoms with Crippen LogP contribution in [0.5, 0.6) is 5.75 Å². The van der Waals surface area contributed by atoms with Crippen molar-refractivity contribution in [2.75, 3.05) is 7.05 Å². The summed E-state index contributed by atoms with van der Waals surface area (Å²) in [7, 11) is 1.71. The average molecular weight is 377 g/mol. The molecule has 0 unspecified atom stereocenters. The maximum absolute atomic E-state index is 13.6. The molecular formula is C18H17F2N3O2S. The number of nitrogens with one attached hydrogen (secondary N) is 1. The van der Waals surface area contributed by atoms with E-state index < -0.39 is 11.6 Å². The van der Waals surface area contributed by atoms with Gasteiger partial charge in [0.05, 0.1) is 11.7 Å². The van der Waals surface area contributed by atoms with Gasteiger partial charge < -0.3 is 9.64 Å². The van der Waals surface area contributed by atoms with Gasteiger partial charge in [0, 0.05) is 18.0 Å². The Kier molecular flexibility index (Phi) is 5.32. The van der Waals surface area contributed by atoms with E-state index in [4.69, 9.17) is 4.74 Å². The number of thiophene rings is 1. The van der Waals surface area contributed by atoms with Crippen molar-refractivity contribution in [2.45, 2.75) is 19.6 Å². The molecule has 0 saturated carbocycles. The number of aromatic amines is 1. The van der Waals surface area contributed by atoms with Crippen LogP contribution in [0, 0.1) is 11.6 Å². The predicted molar refractivity (Wildman–Crippen MR) is 94.1 cm³/mol. The molecule has 3 aromatic rings. The Morgan fingerprint density at radius 1 is 1.35 bits per heavy atom. The first-order chi connectivity index (χ1) is 12.5.